The van der Waals surface area contributed by atoms with Gasteiger partial charge in [-0.05, 0) is 31.6 Å². The molecule has 0 fully saturated rings. The second kappa shape index (κ2) is 4.26. The van der Waals surface area contributed by atoms with Crippen LogP contribution in [-0.4, -0.2) is 24.0 Å². The van der Waals surface area contributed by atoms with E-state index >= 15 is 0 Å². The average molecular weight is 219 g/mol. The predicted octanol–water partition coefficient (Wildman–Crippen LogP) is 2.30. The van der Waals surface area contributed by atoms with Gasteiger partial charge in [0.2, 0.25) is 0 Å². The fourth-order valence-electron chi connectivity index (χ4n) is 2.30. The van der Waals surface area contributed by atoms with Gasteiger partial charge in [0, 0.05) is 5.56 Å². The second-order valence-corrected chi connectivity index (χ2v) is 4.03. The van der Waals surface area contributed by atoms with E-state index in [-0.39, 0.29) is 12.0 Å². The molecule has 1 aromatic rings. The first-order chi connectivity index (χ1) is 7.69. The molecule has 3 heteroatoms. The Morgan fingerprint density at radius 1 is 1.31 bits per heavy atom. The van der Waals surface area contributed by atoms with E-state index in [9.17, 15) is 4.79 Å². The van der Waals surface area contributed by atoms with E-state index in [4.69, 9.17) is 4.74 Å². The molecule has 16 heavy (non-hydrogen) atoms. The van der Waals surface area contributed by atoms with Gasteiger partial charge in [0.05, 0.1) is 0 Å². The van der Waals surface area contributed by atoms with Crippen LogP contribution in [0.15, 0.2) is 18.2 Å². The number of nitrogens with zero attached hydrogens (tertiary/aromatic N) is 1. The van der Waals surface area contributed by atoms with E-state index in [1.54, 1.807) is 0 Å². The molecule has 0 aromatic heterocycles. The van der Waals surface area contributed by atoms with E-state index in [1.165, 1.54) is 0 Å². The topological polar surface area (TPSA) is 29.5 Å². The summed E-state index contributed by atoms with van der Waals surface area (Å²) in [5.41, 5.74) is 2.16. The molecule has 0 radical (unpaired) electrons. The van der Waals surface area contributed by atoms with Gasteiger partial charge < -0.3 is 4.74 Å². The van der Waals surface area contributed by atoms with Crippen LogP contribution in [0, 0.1) is 6.92 Å². The van der Waals surface area contributed by atoms with Gasteiger partial charge in [0.1, 0.15) is 11.8 Å². The molecule has 0 saturated heterocycles. The van der Waals surface area contributed by atoms with Crippen molar-refractivity contribution in [2.75, 3.05) is 13.1 Å². The van der Waals surface area contributed by atoms with Crippen molar-refractivity contribution in [3.8, 4) is 5.75 Å². The van der Waals surface area contributed by atoms with Crippen molar-refractivity contribution >= 4 is 5.97 Å². The molecule has 0 bridgehead atoms. The van der Waals surface area contributed by atoms with Crippen molar-refractivity contribution in [2.45, 2.75) is 26.8 Å². The minimum atomic E-state index is -0.216. The molecule has 2 rings (SSSR count). The smallest absolute Gasteiger partial charge is 0.333 e. The first-order valence-electron chi connectivity index (χ1n) is 5.74. The number of hydrogen-bond acceptors (Lipinski definition) is 3. The van der Waals surface area contributed by atoms with Crippen molar-refractivity contribution in [1.82, 2.24) is 4.90 Å². The van der Waals surface area contributed by atoms with Crippen LogP contribution in [0.4, 0.5) is 0 Å². The van der Waals surface area contributed by atoms with Crippen LogP contribution in [0.3, 0.4) is 0 Å². The molecule has 0 saturated carbocycles. The summed E-state index contributed by atoms with van der Waals surface area (Å²) in [7, 11) is 0. The summed E-state index contributed by atoms with van der Waals surface area (Å²) in [5.74, 6) is 0.579. The summed E-state index contributed by atoms with van der Waals surface area (Å²) < 4.78 is 5.30. The van der Waals surface area contributed by atoms with Gasteiger partial charge in [0.15, 0.2) is 0 Å². The van der Waals surface area contributed by atoms with E-state index < -0.39 is 0 Å². The number of esters is 1. The molecule has 1 aromatic carbocycles. The normalized spacial score (nSPS) is 18.8. The van der Waals surface area contributed by atoms with E-state index in [0.717, 1.165) is 30.0 Å². The van der Waals surface area contributed by atoms with Crippen LogP contribution in [0.1, 0.15) is 31.0 Å². The van der Waals surface area contributed by atoms with Gasteiger partial charge in [-0.2, -0.15) is 0 Å². The first kappa shape index (κ1) is 11.1. The van der Waals surface area contributed by atoms with Crippen LogP contribution in [0.25, 0.3) is 0 Å². The predicted molar refractivity (Wildman–Crippen MR) is 62.5 cm³/mol. The van der Waals surface area contributed by atoms with Crippen LogP contribution in [0.5, 0.6) is 5.75 Å². The maximum Gasteiger partial charge on any atom is 0.333 e. The summed E-state index contributed by atoms with van der Waals surface area (Å²) in [4.78, 5) is 14.0. The van der Waals surface area contributed by atoms with E-state index in [1.807, 2.05) is 25.1 Å². The highest BCUT2D eigenvalue weighted by atomic mass is 16.5. The molecule has 3 nitrogen and oxygen atoms in total. The van der Waals surface area contributed by atoms with Gasteiger partial charge in [-0.1, -0.05) is 26.0 Å². The number of benzene rings is 1. The third-order valence-electron chi connectivity index (χ3n) is 3.17. The Bertz CT molecular complexity index is 410. The number of fused-ring (bicyclic) bond motifs is 1. The highest BCUT2D eigenvalue weighted by Crippen LogP contribution is 2.38. The lowest BCUT2D eigenvalue weighted by molar-refractivity contribution is -0.138. The fraction of sp³-hybridized carbons (Fsp3) is 0.462. The number of aryl methyl sites for hydroxylation is 1. The van der Waals surface area contributed by atoms with Crippen molar-refractivity contribution in [3.63, 3.8) is 0 Å². The molecule has 1 aliphatic heterocycles. The molecule has 1 heterocycles. The minimum absolute atomic E-state index is 0.145. The van der Waals surface area contributed by atoms with E-state index in [2.05, 4.69) is 18.7 Å². The number of carbonyl (C=O) groups is 1. The standard InChI is InChI=1S/C13H17NO2/c1-4-14(5-2)12-11-9(3)7-6-8-10(11)16-13(12)15/h6-8,12H,4-5H2,1-3H3. The van der Waals surface area contributed by atoms with Gasteiger partial charge in [-0.25, -0.2) is 4.79 Å². The summed E-state index contributed by atoms with van der Waals surface area (Å²) >= 11 is 0. The molecular formula is C13H17NO2. The zero-order valence-electron chi connectivity index (χ0n) is 9.99. The van der Waals surface area contributed by atoms with Gasteiger partial charge in [-0.15, -0.1) is 0 Å². The molecule has 1 atom stereocenters. The van der Waals surface area contributed by atoms with Crippen molar-refractivity contribution in [3.05, 3.63) is 29.3 Å². The molecule has 0 aliphatic carbocycles. The second-order valence-electron chi connectivity index (χ2n) is 4.03. The molecule has 86 valence electrons. The SMILES string of the molecule is CCN(CC)C1C(=O)Oc2cccc(C)c21. The number of carbonyl (C=O) groups excluding carboxylic acids is 1. The molecular weight excluding hydrogens is 202 g/mol. The van der Waals surface area contributed by atoms with Gasteiger partial charge in [0.25, 0.3) is 0 Å². The molecule has 0 N–H and O–H groups in total. The lowest BCUT2D eigenvalue weighted by Crippen LogP contribution is -2.32. The Hall–Kier alpha value is -1.35. The molecule has 1 unspecified atom stereocenters. The highest BCUT2D eigenvalue weighted by molar-refractivity contribution is 5.86. The summed E-state index contributed by atoms with van der Waals surface area (Å²) in [5, 5.41) is 0. The summed E-state index contributed by atoms with van der Waals surface area (Å²) in [6, 6.07) is 5.60. The van der Waals surface area contributed by atoms with Gasteiger partial charge >= 0.3 is 5.97 Å². The zero-order valence-corrected chi connectivity index (χ0v) is 9.99. The molecule has 1 aliphatic rings. The van der Waals surface area contributed by atoms with Crippen LogP contribution < -0.4 is 4.74 Å². The minimum Gasteiger partial charge on any atom is -0.425 e. The Morgan fingerprint density at radius 3 is 2.62 bits per heavy atom. The van der Waals surface area contributed by atoms with Crippen LogP contribution in [-0.2, 0) is 4.79 Å². The molecule has 0 spiro atoms. The average Bonchev–Trinajstić information content (AvgIpc) is 2.59. The lowest BCUT2D eigenvalue weighted by atomic mass is 10.0. The zero-order chi connectivity index (χ0) is 11.7. The first-order valence-corrected chi connectivity index (χ1v) is 5.74. The fourth-order valence-corrected chi connectivity index (χ4v) is 2.30. The largest absolute Gasteiger partial charge is 0.425 e. The number of rotatable bonds is 3. The van der Waals surface area contributed by atoms with Crippen molar-refractivity contribution in [1.29, 1.82) is 0 Å². The Balaban J connectivity index is 2.46. The van der Waals surface area contributed by atoms with E-state index in [0.29, 0.717) is 0 Å². The Labute approximate surface area is 96.0 Å². The van der Waals surface area contributed by atoms with Crippen molar-refractivity contribution < 1.29 is 9.53 Å². The van der Waals surface area contributed by atoms with Crippen LogP contribution in [0.2, 0.25) is 0 Å². The van der Waals surface area contributed by atoms with Crippen molar-refractivity contribution in [2.24, 2.45) is 0 Å². The number of likely N-dealkylation sites (N-methyl/N-ethyl adjacent to an activating group) is 1. The maximum absolute atomic E-state index is 11.9. The monoisotopic (exact) mass is 219 g/mol. The third-order valence-corrected chi connectivity index (χ3v) is 3.17. The summed E-state index contributed by atoms with van der Waals surface area (Å²) in [6.45, 7) is 7.85. The maximum atomic E-state index is 11.9. The molecule has 0 amide bonds. The number of hydrogen-bond donors (Lipinski definition) is 0. The number of ether oxygens (including phenoxy) is 1. The summed E-state index contributed by atoms with van der Waals surface area (Å²) in [6.07, 6.45) is 0. The Morgan fingerprint density at radius 2 is 2.00 bits per heavy atom. The third kappa shape index (κ3) is 1.61. The van der Waals surface area contributed by atoms with Gasteiger partial charge in [-0.3, -0.25) is 4.90 Å². The highest BCUT2D eigenvalue weighted by Gasteiger charge is 2.37. The lowest BCUT2D eigenvalue weighted by Gasteiger charge is -2.24. The quantitative estimate of drug-likeness (QED) is 0.577. The Kier molecular flexibility index (Phi) is 2.97. The van der Waals surface area contributed by atoms with Crippen LogP contribution >= 0.6 is 0 Å².